The Balaban J connectivity index is 1.29. The first-order valence-electron chi connectivity index (χ1n) is 21.8. The third-order valence-electron chi connectivity index (χ3n) is 16.9. The molecule has 0 aliphatic heterocycles. The molecule has 4 fully saturated rings. The number of hydrogen-bond donors (Lipinski definition) is 1. The topological polar surface area (TPSA) is 104 Å². The fourth-order valence-corrected chi connectivity index (χ4v) is 13.7. The number of benzene rings is 1. The quantitative estimate of drug-likeness (QED) is 0.197. The molecule has 1 N–H and O–H groups in total. The van der Waals surface area contributed by atoms with Crippen LogP contribution >= 0.6 is 11.6 Å². The molecule has 5 aliphatic carbocycles. The molecule has 0 bridgehead atoms. The zero-order valence-electron chi connectivity index (χ0n) is 36.9. The number of halogens is 1. The van der Waals surface area contributed by atoms with Crippen molar-refractivity contribution >= 4 is 35.1 Å². The lowest BCUT2D eigenvalue weighted by Gasteiger charge is -2.72. The van der Waals surface area contributed by atoms with Crippen molar-refractivity contribution in [3.63, 3.8) is 0 Å². The van der Waals surface area contributed by atoms with E-state index in [2.05, 4.69) is 72.4 Å². The predicted molar refractivity (Wildman–Crippen MR) is 226 cm³/mol. The predicted octanol–water partition coefficient (Wildman–Crippen LogP) is 9.67. The van der Waals surface area contributed by atoms with Gasteiger partial charge < -0.3 is 14.7 Å². The van der Waals surface area contributed by atoms with Crippen molar-refractivity contribution in [2.45, 2.75) is 139 Å². The Labute approximate surface area is 347 Å². The highest BCUT2D eigenvalue weighted by Crippen LogP contribution is 2.77. The maximum absolute atomic E-state index is 15.2. The van der Waals surface area contributed by atoms with Gasteiger partial charge >= 0.3 is 11.9 Å². The summed E-state index contributed by atoms with van der Waals surface area (Å²) in [6.07, 6.45) is 7.38. The van der Waals surface area contributed by atoms with Crippen LogP contribution in [0.25, 0.3) is 0 Å². The summed E-state index contributed by atoms with van der Waals surface area (Å²) in [7, 11) is 4.12. The van der Waals surface area contributed by atoms with Crippen LogP contribution in [-0.2, 0) is 30.5 Å². The number of fused-ring (bicyclic) bond motifs is 7. The van der Waals surface area contributed by atoms with E-state index in [1.165, 1.54) is 5.57 Å². The minimum atomic E-state index is -1.18. The van der Waals surface area contributed by atoms with Crippen LogP contribution in [-0.4, -0.2) is 78.2 Å². The number of Topliss-reactive ketones (excluding diaryl/α,β-unsaturated/α-hetero) is 2. The number of carboxylic acids is 1. The highest BCUT2D eigenvalue weighted by atomic mass is 35.5. The zero-order chi connectivity index (χ0) is 42.1. The SMILES string of the molecule is CC(C)C1=C2[C@H]3CC[C@H]4[C@@]5(C)CCC(OC(=O)CC(C)(C)C(=O)O)C(C)(C)[C@H]5CC[C@@]4(C)[C@]3(C)CC[C@@]2(C(=O)CN(CCN(C)C)Cc2ccc(Cl)cc2)CC1=O. The zero-order valence-corrected chi connectivity index (χ0v) is 37.6. The van der Waals surface area contributed by atoms with Gasteiger partial charge in [0, 0.05) is 36.5 Å². The first-order valence-corrected chi connectivity index (χ1v) is 22.2. The molecule has 8 nitrogen and oxygen atoms in total. The molecule has 6 rings (SSSR count). The van der Waals surface area contributed by atoms with Gasteiger partial charge in [-0.3, -0.25) is 24.1 Å². The van der Waals surface area contributed by atoms with Crippen molar-refractivity contribution in [2.24, 2.45) is 56.2 Å². The maximum Gasteiger partial charge on any atom is 0.309 e. The maximum atomic E-state index is 15.2. The van der Waals surface area contributed by atoms with Crippen molar-refractivity contribution in [2.75, 3.05) is 33.7 Å². The fraction of sp³-hybridized carbons (Fsp3) is 0.750. The number of aliphatic carboxylic acids is 1. The van der Waals surface area contributed by atoms with E-state index in [1.807, 2.05) is 24.3 Å². The average molecular weight is 808 g/mol. The number of carboxylic acid groups (broad SMARTS) is 1. The molecule has 0 heterocycles. The Morgan fingerprint density at radius 3 is 2.18 bits per heavy atom. The van der Waals surface area contributed by atoms with Gasteiger partial charge in [0.1, 0.15) is 6.10 Å². The number of allylic oxidation sites excluding steroid dienone is 2. The number of ether oxygens (including phenoxy) is 1. The van der Waals surface area contributed by atoms with Gasteiger partial charge in [-0.05, 0) is 148 Å². The molecule has 0 radical (unpaired) electrons. The summed E-state index contributed by atoms with van der Waals surface area (Å²) in [5.74, 6) is 0.000319. The summed E-state index contributed by atoms with van der Waals surface area (Å²) in [5, 5.41) is 10.3. The van der Waals surface area contributed by atoms with Gasteiger partial charge in [0.15, 0.2) is 11.6 Å². The number of carbonyl (C=O) groups is 4. The summed E-state index contributed by atoms with van der Waals surface area (Å²) in [4.78, 5) is 58.8. The summed E-state index contributed by atoms with van der Waals surface area (Å²) >= 11 is 6.23. The van der Waals surface area contributed by atoms with Crippen LogP contribution in [0.4, 0.5) is 0 Å². The third kappa shape index (κ3) is 7.49. The Kier molecular flexibility index (Phi) is 12.0. The Bertz CT molecular complexity index is 1780. The third-order valence-corrected chi connectivity index (χ3v) is 17.1. The molecule has 57 heavy (non-hydrogen) atoms. The van der Waals surface area contributed by atoms with Gasteiger partial charge in [0.2, 0.25) is 0 Å². The minimum Gasteiger partial charge on any atom is -0.481 e. The van der Waals surface area contributed by atoms with Crippen LogP contribution in [0.3, 0.4) is 0 Å². The van der Waals surface area contributed by atoms with E-state index < -0.39 is 22.8 Å². The number of esters is 1. The molecule has 8 atom stereocenters. The standard InChI is InChI=1S/C48H71ClN2O6/c1-30(2)40-34(52)26-48(37(53)29-51(25-24-50(10)11)28-31-12-14-32(49)15-13-31)23-22-46(8)33(41(40)48)16-17-36-45(7)20-19-38(57-39(54)27-43(3,4)42(55)56)44(5,6)35(45)18-21-47(36,46)9/h12-15,30,33,35-36,38H,16-29H2,1-11H3,(H,55,56)/t33-,35-,36+,38?,45+,46-,47-,48+/m1/s1. The fourth-order valence-electron chi connectivity index (χ4n) is 13.5. The molecular formula is C48H71ClN2O6. The summed E-state index contributed by atoms with van der Waals surface area (Å²) in [5.41, 5.74) is 1.04. The van der Waals surface area contributed by atoms with Crippen LogP contribution in [0.2, 0.25) is 5.02 Å². The normalized spacial score (nSPS) is 34.8. The van der Waals surface area contributed by atoms with Crippen LogP contribution in [0.5, 0.6) is 0 Å². The highest BCUT2D eigenvalue weighted by Gasteiger charge is 2.71. The second-order valence-corrected chi connectivity index (χ2v) is 22.0. The molecule has 1 aromatic carbocycles. The van der Waals surface area contributed by atoms with Crippen molar-refractivity contribution in [3.8, 4) is 0 Å². The van der Waals surface area contributed by atoms with E-state index >= 15 is 4.79 Å². The molecule has 0 amide bonds. The first kappa shape index (κ1) is 44.0. The van der Waals surface area contributed by atoms with E-state index in [0.717, 1.165) is 75.6 Å². The average Bonchev–Trinajstić information content (AvgIpc) is 3.42. The summed E-state index contributed by atoms with van der Waals surface area (Å²) < 4.78 is 6.19. The van der Waals surface area contributed by atoms with E-state index in [1.54, 1.807) is 13.8 Å². The summed E-state index contributed by atoms with van der Waals surface area (Å²) in [6, 6.07) is 7.90. The summed E-state index contributed by atoms with van der Waals surface area (Å²) in [6.45, 7) is 22.1. The number of ketones is 2. The number of nitrogens with zero attached hydrogens (tertiary/aromatic N) is 2. The van der Waals surface area contributed by atoms with Crippen molar-refractivity contribution in [1.82, 2.24) is 9.80 Å². The molecular weight excluding hydrogens is 736 g/mol. The van der Waals surface area contributed by atoms with E-state index in [9.17, 15) is 19.5 Å². The van der Waals surface area contributed by atoms with Gasteiger partial charge in [-0.1, -0.05) is 72.2 Å². The van der Waals surface area contributed by atoms with E-state index in [4.69, 9.17) is 16.3 Å². The lowest BCUT2D eigenvalue weighted by atomic mass is 9.33. The molecule has 5 aliphatic rings. The van der Waals surface area contributed by atoms with Crippen molar-refractivity contribution in [1.29, 1.82) is 0 Å². The number of carbonyl (C=O) groups excluding carboxylic acids is 3. The number of rotatable bonds is 13. The van der Waals surface area contributed by atoms with Gasteiger partial charge in [-0.25, -0.2) is 0 Å². The van der Waals surface area contributed by atoms with Crippen LogP contribution < -0.4 is 0 Å². The Morgan fingerprint density at radius 1 is 0.895 bits per heavy atom. The molecule has 0 saturated heterocycles. The molecule has 9 heteroatoms. The molecule has 316 valence electrons. The first-order chi connectivity index (χ1) is 26.4. The molecule has 4 saturated carbocycles. The van der Waals surface area contributed by atoms with E-state index in [-0.39, 0.29) is 57.6 Å². The van der Waals surface area contributed by atoms with Gasteiger partial charge in [-0.2, -0.15) is 0 Å². The van der Waals surface area contributed by atoms with E-state index in [0.29, 0.717) is 36.4 Å². The molecule has 1 aromatic rings. The van der Waals surface area contributed by atoms with Crippen LogP contribution in [0.15, 0.2) is 35.4 Å². The second-order valence-electron chi connectivity index (χ2n) is 21.5. The van der Waals surface area contributed by atoms with Gasteiger partial charge in [0.05, 0.1) is 23.8 Å². The Morgan fingerprint density at radius 2 is 1.56 bits per heavy atom. The number of hydrogen-bond acceptors (Lipinski definition) is 7. The van der Waals surface area contributed by atoms with Crippen molar-refractivity contribution in [3.05, 3.63) is 46.0 Å². The van der Waals surface area contributed by atoms with Crippen LogP contribution in [0.1, 0.15) is 132 Å². The van der Waals surface area contributed by atoms with Crippen molar-refractivity contribution < 1.29 is 29.0 Å². The highest BCUT2D eigenvalue weighted by molar-refractivity contribution is 6.30. The second kappa shape index (κ2) is 15.5. The minimum absolute atomic E-state index is 0.00847. The molecule has 0 aromatic heterocycles. The Hall–Kier alpha value is -2.55. The lowest BCUT2D eigenvalue weighted by molar-refractivity contribution is -0.233. The molecule has 0 spiro atoms. The smallest absolute Gasteiger partial charge is 0.309 e. The largest absolute Gasteiger partial charge is 0.481 e. The monoisotopic (exact) mass is 807 g/mol. The van der Waals surface area contributed by atoms with Gasteiger partial charge in [0.25, 0.3) is 0 Å². The van der Waals surface area contributed by atoms with Gasteiger partial charge in [-0.15, -0.1) is 0 Å². The van der Waals surface area contributed by atoms with Crippen LogP contribution in [0, 0.1) is 56.2 Å². The molecule has 1 unspecified atom stereocenters. The lowest BCUT2D eigenvalue weighted by Crippen LogP contribution is -2.66. The number of likely N-dealkylation sites (N-methyl/N-ethyl adjacent to an activating group) is 1.